The molecule has 1 amide bonds. The van der Waals surface area contributed by atoms with Crippen LogP contribution in [0.25, 0.3) is 0 Å². The Kier molecular flexibility index (Phi) is 4.05. The third-order valence-corrected chi connectivity index (χ3v) is 2.47. The number of hydrogen-bond donors (Lipinski definition) is 2. The third-order valence-electron chi connectivity index (χ3n) is 2.47. The lowest BCUT2D eigenvalue weighted by molar-refractivity contribution is -0.144. The number of hydrogen-bond acceptors (Lipinski definition) is 4. The third kappa shape index (κ3) is 3.17. The molecule has 2 unspecified atom stereocenters. The number of carboxylic acids is 1. The van der Waals surface area contributed by atoms with Gasteiger partial charge in [0.25, 0.3) is 0 Å². The average Bonchev–Trinajstić information content (AvgIpc) is 2.63. The van der Waals surface area contributed by atoms with Crippen LogP contribution in [0.4, 0.5) is 0 Å². The molecule has 2 N–H and O–H groups in total. The summed E-state index contributed by atoms with van der Waals surface area (Å²) >= 11 is 0. The second-order valence-corrected chi connectivity index (χ2v) is 3.64. The van der Waals surface area contributed by atoms with Crippen LogP contribution in [-0.4, -0.2) is 61.3 Å². The van der Waals surface area contributed by atoms with Gasteiger partial charge >= 0.3 is 5.97 Å². The smallest absolute Gasteiger partial charge is 0.323 e. The van der Waals surface area contributed by atoms with Crippen LogP contribution in [0.2, 0.25) is 0 Å². The second kappa shape index (κ2) is 5.09. The molecule has 1 heterocycles. The summed E-state index contributed by atoms with van der Waals surface area (Å²) in [5.41, 5.74) is 0. The van der Waals surface area contributed by atoms with Crippen molar-refractivity contribution in [3.05, 3.63) is 0 Å². The number of carbonyl (C=O) groups is 2. The first-order chi connectivity index (χ1) is 7.04. The standard InChI is InChI=1S/C9H16N2O4/c1-11(5-8(12)13)9(14)7-3-6(15-2)4-10-7/h6-7,10H,3-5H2,1-2H3,(H,12,13). The highest BCUT2D eigenvalue weighted by Gasteiger charge is 2.31. The zero-order valence-electron chi connectivity index (χ0n) is 8.90. The fourth-order valence-corrected chi connectivity index (χ4v) is 1.62. The summed E-state index contributed by atoms with van der Waals surface area (Å²) in [7, 11) is 3.08. The van der Waals surface area contributed by atoms with Crippen molar-refractivity contribution in [2.45, 2.75) is 18.6 Å². The van der Waals surface area contributed by atoms with Crippen LogP contribution in [0, 0.1) is 0 Å². The van der Waals surface area contributed by atoms with Crippen molar-refractivity contribution >= 4 is 11.9 Å². The lowest BCUT2D eigenvalue weighted by atomic mass is 10.2. The molecule has 1 rings (SSSR count). The van der Waals surface area contributed by atoms with Crippen molar-refractivity contribution in [3.8, 4) is 0 Å². The average molecular weight is 216 g/mol. The molecule has 0 bridgehead atoms. The summed E-state index contributed by atoms with van der Waals surface area (Å²) in [4.78, 5) is 23.3. The highest BCUT2D eigenvalue weighted by Crippen LogP contribution is 2.11. The number of methoxy groups -OCH3 is 1. The van der Waals surface area contributed by atoms with Gasteiger partial charge in [-0.2, -0.15) is 0 Å². The summed E-state index contributed by atoms with van der Waals surface area (Å²) in [6.07, 6.45) is 0.636. The van der Waals surface area contributed by atoms with E-state index in [1.54, 1.807) is 7.11 Å². The summed E-state index contributed by atoms with van der Waals surface area (Å²) < 4.78 is 5.10. The summed E-state index contributed by atoms with van der Waals surface area (Å²) in [6.45, 7) is 0.364. The number of carboxylic acid groups (broad SMARTS) is 1. The molecular weight excluding hydrogens is 200 g/mol. The first-order valence-corrected chi connectivity index (χ1v) is 4.77. The highest BCUT2D eigenvalue weighted by atomic mass is 16.5. The molecule has 0 aromatic heterocycles. The number of ether oxygens (including phenoxy) is 1. The molecule has 0 aromatic carbocycles. The van der Waals surface area contributed by atoms with Crippen LogP contribution in [0.5, 0.6) is 0 Å². The highest BCUT2D eigenvalue weighted by molar-refractivity contribution is 5.85. The topological polar surface area (TPSA) is 78.9 Å². The normalized spacial score (nSPS) is 25.2. The Labute approximate surface area is 88.2 Å². The molecule has 0 spiro atoms. The number of rotatable bonds is 4. The maximum Gasteiger partial charge on any atom is 0.323 e. The van der Waals surface area contributed by atoms with Gasteiger partial charge in [0.05, 0.1) is 12.1 Å². The maximum absolute atomic E-state index is 11.7. The van der Waals surface area contributed by atoms with E-state index < -0.39 is 5.97 Å². The van der Waals surface area contributed by atoms with Crippen LogP contribution in [0.1, 0.15) is 6.42 Å². The minimum Gasteiger partial charge on any atom is -0.480 e. The molecule has 6 heteroatoms. The summed E-state index contributed by atoms with van der Waals surface area (Å²) in [5.74, 6) is -1.20. The molecule has 6 nitrogen and oxygen atoms in total. The van der Waals surface area contributed by atoms with Crippen LogP contribution >= 0.6 is 0 Å². The number of amides is 1. The fourth-order valence-electron chi connectivity index (χ4n) is 1.62. The maximum atomic E-state index is 11.7. The van der Waals surface area contributed by atoms with Crippen molar-refractivity contribution in [1.29, 1.82) is 0 Å². The molecule has 1 saturated heterocycles. The minimum absolute atomic E-state index is 0.0391. The zero-order valence-corrected chi connectivity index (χ0v) is 8.90. The predicted octanol–water partition coefficient (Wildman–Crippen LogP) is -1.09. The Morgan fingerprint density at radius 2 is 2.27 bits per heavy atom. The molecule has 0 radical (unpaired) electrons. The van der Waals surface area contributed by atoms with Crippen LogP contribution in [0.15, 0.2) is 0 Å². The quantitative estimate of drug-likeness (QED) is 0.624. The van der Waals surface area contributed by atoms with Crippen molar-refractivity contribution in [2.75, 3.05) is 27.2 Å². The van der Waals surface area contributed by atoms with Gasteiger partial charge in [0, 0.05) is 20.7 Å². The Hall–Kier alpha value is -1.14. The van der Waals surface area contributed by atoms with E-state index in [1.165, 1.54) is 11.9 Å². The number of aliphatic carboxylic acids is 1. The van der Waals surface area contributed by atoms with E-state index in [0.717, 1.165) is 0 Å². The van der Waals surface area contributed by atoms with Crippen LogP contribution in [0.3, 0.4) is 0 Å². The predicted molar refractivity (Wildman–Crippen MR) is 52.5 cm³/mol. The Balaban J connectivity index is 2.44. The number of nitrogens with zero attached hydrogens (tertiary/aromatic N) is 1. The van der Waals surface area contributed by atoms with Crippen LogP contribution < -0.4 is 5.32 Å². The lowest BCUT2D eigenvalue weighted by Crippen LogP contribution is -2.43. The lowest BCUT2D eigenvalue weighted by Gasteiger charge is -2.18. The van der Waals surface area contributed by atoms with E-state index in [0.29, 0.717) is 13.0 Å². The molecule has 0 aliphatic carbocycles. The molecule has 2 atom stereocenters. The van der Waals surface area contributed by atoms with Crippen LogP contribution in [-0.2, 0) is 14.3 Å². The van der Waals surface area contributed by atoms with Gasteiger partial charge in [0.1, 0.15) is 6.54 Å². The molecular formula is C9H16N2O4. The van der Waals surface area contributed by atoms with Crippen molar-refractivity contribution in [1.82, 2.24) is 10.2 Å². The van der Waals surface area contributed by atoms with Gasteiger partial charge in [-0.3, -0.25) is 9.59 Å². The molecule has 0 aromatic rings. The van der Waals surface area contributed by atoms with E-state index >= 15 is 0 Å². The van der Waals surface area contributed by atoms with Gasteiger partial charge in [0.15, 0.2) is 0 Å². The Bertz CT molecular complexity index is 256. The van der Waals surface area contributed by atoms with Gasteiger partial charge in [0.2, 0.25) is 5.91 Å². The molecule has 15 heavy (non-hydrogen) atoms. The SMILES string of the molecule is COC1CNC(C(=O)N(C)CC(=O)O)C1. The molecule has 0 saturated carbocycles. The first kappa shape index (κ1) is 11.9. The number of carbonyl (C=O) groups excluding carboxylic acids is 1. The molecule has 86 valence electrons. The summed E-state index contributed by atoms with van der Waals surface area (Å²) in [6, 6.07) is -0.320. The van der Waals surface area contributed by atoms with E-state index in [9.17, 15) is 9.59 Å². The Morgan fingerprint density at radius 1 is 1.60 bits per heavy atom. The second-order valence-electron chi connectivity index (χ2n) is 3.64. The molecule has 1 aliphatic rings. The van der Waals surface area contributed by atoms with Gasteiger partial charge in [-0.1, -0.05) is 0 Å². The van der Waals surface area contributed by atoms with Gasteiger partial charge in [-0.05, 0) is 6.42 Å². The largest absolute Gasteiger partial charge is 0.480 e. The van der Waals surface area contributed by atoms with Gasteiger partial charge in [-0.15, -0.1) is 0 Å². The van der Waals surface area contributed by atoms with E-state index in [4.69, 9.17) is 9.84 Å². The van der Waals surface area contributed by atoms with Crippen molar-refractivity contribution in [3.63, 3.8) is 0 Å². The number of nitrogens with one attached hydrogen (secondary N) is 1. The van der Waals surface area contributed by atoms with E-state index in [2.05, 4.69) is 5.32 Å². The van der Waals surface area contributed by atoms with E-state index in [-0.39, 0.29) is 24.6 Å². The zero-order chi connectivity index (χ0) is 11.4. The monoisotopic (exact) mass is 216 g/mol. The van der Waals surface area contributed by atoms with Gasteiger partial charge < -0.3 is 20.1 Å². The van der Waals surface area contributed by atoms with Crippen molar-refractivity contribution in [2.24, 2.45) is 0 Å². The van der Waals surface area contributed by atoms with E-state index in [1.807, 2.05) is 0 Å². The first-order valence-electron chi connectivity index (χ1n) is 4.77. The summed E-state index contributed by atoms with van der Waals surface area (Å²) in [5, 5.41) is 11.5. The minimum atomic E-state index is -1.01. The number of likely N-dealkylation sites (N-methyl/N-ethyl adjacent to an activating group) is 1. The molecule has 1 aliphatic heterocycles. The van der Waals surface area contributed by atoms with Gasteiger partial charge in [-0.25, -0.2) is 0 Å². The molecule has 1 fully saturated rings. The van der Waals surface area contributed by atoms with Crippen molar-refractivity contribution < 1.29 is 19.4 Å². The fraction of sp³-hybridized carbons (Fsp3) is 0.778. The Morgan fingerprint density at radius 3 is 2.73 bits per heavy atom.